The number of carbonyl (C=O) groups is 1. The van der Waals surface area contributed by atoms with Crippen LogP contribution in [-0.4, -0.2) is 28.1 Å². The molecule has 1 aromatic rings. The molecule has 0 atom stereocenters. The van der Waals surface area contributed by atoms with Crippen LogP contribution in [0.4, 0.5) is 5.69 Å². The number of primary amides is 1. The Morgan fingerprint density at radius 3 is 2.88 bits per heavy atom. The Morgan fingerprint density at radius 2 is 2.31 bits per heavy atom. The fraction of sp³-hybridized carbons (Fsp3) is 0.455. The van der Waals surface area contributed by atoms with Gasteiger partial charge in [0.05, 0.1) is 16.9 Å². The molecule has 4 N–H and O–H groups in total. The van der Waals surface area contributed by atoms with Crippen LogP contribution < -0.4 is 11.1 Å². The van der Waals surface area contributed by atoms with E-state index in [4.69, 9.17) is 5.73 Å². The summed E-state index contributed by atoms with van der Waals surface area (Å²) in [7, 11) is 0. The minimum atomic E-state index is -0.729. The van der Waals surface area contributed by atoms with Crippen molar-refractivity contribution in [2.75, 3.05) is 11.9 Å². The number of amides is 1. The lowest BCUT2D eigenvalue weighted by atomic mass is 10.1. The Balaban J connectivity index is 2.64. The first kappa shape index (κ1) is 12.4. The molecule has 0 aliphatic rings. The van der Waals surface area contributed by atoms with Crippen molar-refractivity contribution in [1.82, 2.24) is 4.98 Å². The van der Waals surface area contributed by atoms with E-state index in [1.54, 1.807) is 26.1 Å². The van der Waals surface area contributed by atoms with Crippen molar-refractivity contribution in [3.63, 3.8) is 0 Å². The van der Waals surface area contributed by atoms with Crippen molar-refractivity contribution in [1.29, 1.82) is 0 Å². The molecule has 1 aromatic heterocycles. The monoisotopic (exact) mass is 223 g/mol. The molecule has 0 unspecified atom stereocenters. The number of pyridine rings is 1. The minimum Gasteiger partial charge on any atom is -0.390 e. The highest BCUT2D eigenvalue weighted by atomic mass is 16.3. The van der Waals surface area contributed by atoms with Crippen LogP contribution in [0, 0.1) is 0 Å². The van der Waals surface area contributed by atoms with Crippen molar-refractivity contribution in [3.8, 4) is 0 Å². The summed E-state index contributed by atoms with van der Waals surface area (Å²) < 4.78 is 0. The lowest BCUT2D eigenvalue weighted by molar-refractivity contribution is 0.0749. The quantitative estimate of drug-likeness (QED) is 0.687. The van der Waals surface area contributed by atoms with Gasteiger partial charge in [-0.1, -0.05) is 0 Å². The van der Waals surface area contributed by atoms with Crippen molar-refractivity contribution < 1.29 is 9.90 Å². The maximum Gasteiger partial charge on any atom is 0.252 e. The van der Waals surface area contributed by atoms with Gasteiger partial charge in [0.2, 0.25) is 0 Å². The van der Waals surface area contributed by atoms with Crippen LogP contribution in [0.2, 0.25) is 0 Å². The summed E-state index contributed by atoms with van der Waals surface area (Å²) in [5.74, 6) is -0.515. The maximum atomic E-state index is 11.1. The van der Waals surface area contributed by atoms with Crippen molar-refractivity contribution >= 4 is 11.6 Å². The lowest BCUT2D eigenvalue weighted by Gasteiger charge is -2.18. The zero-order chi connectivity index (χ0) is 12.2. The molecule has 1 rings (SSSR count). The highest BCUT2D eigenvalue weighted by molar-refractivity contribution is 5.98. The number of nitrogens with two attached hydrogens (primary N) is 1. The summed E-state index contributed by atoms with van der Waals surface area (Å²) in [4.78, 5) is 14.9. The number of rotatable bonds is 5. The fourth-order valence-electron chi connectivity index (χ4n) is 1.25. The summed E-state index contributed by atoms with van der Waals surface area (Å²) in [5, 5.41) is 12.6. The molecule has 0 radical (unpaired) electrons. The molecule has 0 saturated heterocycles. The van der Waals surface area contributed by atoms with Gasteiger partial charge in [0.25, 0.3) is 5.91 Å². The topological polar surface area (TPSA) is 88.2 Å². The molecule has 5 heteroatoms. The molecule has 88 valence electrons. The smallest absolute Gasteiger partial charge is 0.252 e. The van der Waals surface area contributed by atoms with Gasteiger partial charge < -0.3 is 16.2 Å². The Bertz CT molecular complexity index is 372. The van der Waals surface area contributed by atoms with Crippen molar-refractivity contribution in [2.24, 2.45) is 5.73 Å². The maximum absolute atomic E-state index is 11.1. The molecule has 0 saturated carbocycles. The van der Waals surface area contributed by atoms with E-state index in [0.717, 1.165) is 0 Å². The van der Waals surface area contributed by atoms with Crippen molar-refractivity contribution in [2.45, 2.75) is 25.9 Å². The Kier molecular flexibility index (Phi) is 3.84. The van der Waals surface area contributed by atoms with Crippen molar-refractivity contribution in [3.05, 3.63) is 24.0 Å². The van der Waals surface area contributed by atoms with E-state index >= 15 is 0 Å². The van der Waals surface area contributed by atoms with E-state index in [0.29, 0.717) is 24.2 Å². The second kappa shape index (κ2) is 4.94. The molecular weight excluding hydrogens is 206 g/mol. The summed E-state index contributed by atoms with van der Waals surface area (Å²) in [6.07, 6.45) is 3.58. The highest BCUT2D eigenvalue weighted by Gasteiger charge is 2.12. The van der Waals surface area contributed by atoms with Gasteiger partial charge in [0, 0.05) is 18.9 Å². The van der Waals surface area contributed by atoms with E-state index in [1.807, 2.05) is 0 Å². The number of nitrogens with zero attached hydrogens (tertiary/aromatic N) is 1. The molecular formula is C11H17N3O2. The molecule has 1 heterocycles. The minimum absolute atomic E-state index is 0.359. The predicted octanol–water partition coefficient (Wildman–Crippen LogP) is 0.753. The molecule has 0 bridgehead atoms. The molecule has 0 aliphatic carbocycles. The summed E-state index contributed by atoms with van der Waals surface area (Å²) >= 11 is 0. The van der Waals surface area contributed by atoms with Gasteiger partial charge >= 0.3 is 0 Å². The zero-order valence-electron chi connectivity index (χ0n) is 9.53. The summed E-state index contributed by atoms with van der Waals surface area (Å²) in [6, 6.07) is 1.68. The van der Waals surface area contributed by atoms with Crippen LogP contribution in [0.3, 0.4) is 0 Å². The molecule has 0 aromatic carbocycles. The molecule has 0 fully saturated rings. The van der Waals surface area contributed by atoms with Gasteiger partial charge in [-0.3, -0.25) is 9.78 Å². The molecule has 1 amide bonds. The van der Waals surface area contributed by atoms with E-state index in [1.165, 1.54) is 6.20 Å². The van der Waals surface area contributed by atoms with E-state index < -0.39 is 11.5 Å². The second-order valence-electron chi connectivity index (χ2n) is 4.27. The largest absolute Gasteiger partial charge is 0.390 e. The van der Waals surface area contributed by atoms with Crippen LogP contribution in [0.1, 0.15) is 30.6 Å². The number of anilines is 1. The third kappa shape index (κ3) is 3.86. The van der Waals surface area contributed by atoms with Gasteiger partial charge in [-0.25, -0.2) is 0 Å². The SMILES string of the molecule is CC(C)(O)CCNc1ccncc1C(N)=O. The standard InChI is InChI=1S/C11H17N3O2/c1-11(2,16)4-6-14-9-3-5-13-7-8(9)10(12)15/h3,5,7,16H,4,6H2,1-2H3,(H2,12,15)(H,13,14). The molecule has 5 nitrogen and oxygen atoms in total. The van der Waals surface area contributed by atoms with Crippen LogP contribution in [0.5, 0.6) is 0 Å². The van der Waals surface area contributed by atoms with Gasteiger partial charge in [-0.15, -0.1) is 0 Å². The number of carbonyl (C=O) groups excluding carboxylic acids is 1. The number of hydrogen-bond acceptors (Lipinski definition) is 4. The van der Waals surface area contributed by atoms with Gasteiger partial charge in [0.1, 0.15) is 0 Å². The highest BCUT2D eigenvalue weighted by Crippen LogP contribution is 2.14. The normalized spacial score (nSPS) is 11.2. The lowest BCUT2D eigenvalue weighted by Crippen LogP contribution is -2.23. The van der Waals surface area contributed by atoms with E-state index in [2.05, 4.69) is 10.3 Å². The Hall–Kier alpha value is -1.62. The van der Waals surface area contributed by atoms with E-state index in [9.17, 15) is 9.90 Å². The average molecular weight is 223 g/mol. The molecule has 16 heavy (non-hydrogen) atoms. The number of hydrogen-bond donors (Lipinski definition) is 3. The first-order chi connectivity index (χ1) is 7.40. The first-order valence-electron chi connectivity index (χ1n) is 5.10. The van der Waals surface area contributed by atoms with Crippen LogP contribution >= 0.6 is 0 Å². The van der Waals surface area contributed by atoms with E-state index in [-0.39, 0.29) is 0 Å². The number of aliphatic hydroxyl groups is 1. The summed E-state index contributed by atoms with van der Waals surface area (Å²) in [5.41, 5.74) is 5.48. The van der Waals surface area contributed by atoms with Gasteiger partial charge in [-0.2, -0.15) is 0 Å². The third-order valence-corrected chi connectivity index (χ3v) is 2.14. The summed E-state index contributed by atoms with van der Waals surface area (Å²) in [6.45, 7) is 4.03. The van der Waals surface area contributed by atoms with Gasteiger partial charge in [0.15, 0.2) is 0 Å². The zero-order valence-corrected chi connectivity index (χ0v) is 9.53. The molecule has 0 aliphatic heterocycles. The average Bonchev–Trinajstić information content (AvgIpc) is 2.16. The fourth-order valence-corrected chi connectivity index (χ4v) is 1.25. The van der Waals surface area contributed by atoms with Crippen LogP contribution in [0.15, 0.2) is 18.5 Å². The Morgan fingerprint density at radius 1 is 1.62 bits per heavy atom. The number of nitrogens with one attached hydrogen (secondary N) is 1. The second-order valence-corrected chi connectivity index (χ2v) is 4.27. The third-order valence-electron chi connectivity index (χ3n) is 2.14. The number of aromatic nitrogens is 1. The first-order valence-corrected chi connectivity index (χ1v) is 5.10. The Labute approximate surface area is 94.7 Å². The predicted molar refractivity (Wildman–Crippen MR) is 62.2 cm³/mol. The van der Waals surface area contributed by atoms with Crippen LogP contribution in [0.25, 0.3) is 0 Å². The van der Waals surface area contributed by atoms with Crippen LogP contribution in [-0.2, 0) is 0 Å². The molecule has 0 spiro atoms. The van der Waals surface area contributed by atoms with Gasteiger partial charge in [-0.05, 0) is 26.3 Å².